The predicted molar refractivity (Wildman–Crippen MR) is 67.2 cm³/mol. The molecule has 0 unspecified atom stereocenters. The average molecular weight is 249 g/mol. The lowest BCUT2D eigenvalue weighted by Crippen LogP contribution is -2.31. The molecule has 0 atom stereocenters. The van der Waals surface area contributed by atoms with Gasteiger partial charge in [-0.05, 0) is 24.1 Å². The molecule has 0 bridgehead atoms. The summed E-state index contributed by atoms with van der Waals surface area (Å²) in [6.07, 6.45) is 0.682. The third-order valence-corrected chi connectivity index (χ3v) is 2.78. The zero-order chi connectivity index (χ0) is 13.1. The molecule has 2 aromatic rings. The maximum Gasteiger partial charge on any atom is 0.419 e. The number of rotatable bonds is 4. The summed E-state index contributed by atoms with van der Waals surface area (Å²) in [5.74, 6) is -0.551. The van der Waals surface area contributed by atoms with Crippen molar-refractivity contribution >= 4 is 17.0 Å². The summed E-state index contributed by atoms with van der Waals surface area (Å²) >= 11 is 0. The van der Waals surface area contributed by atoms with Gasteiger partial charge in [-0.1, -0.05) is 6.07 Å². The van der Waals surface area contributed by atoms with Crippen molar-refractivity contribution in [1.82, 2.24) is 9.88 Å². The molecule has 1 aromatic carbocycles. The zero-order valence-corrected chi connectivity index (χ0v) is 10.1. The number of benzene rings is 1. The molecule has 1 aromatic heterocycles. The Labute approximate surface area is 103 Å². The third kappa shape index (κ3) is 2.43. The summed E-state index contributed by atoms with van der Waals surface area (Å²) in [6, 6.07) is 5.52. The summed E-state index contributed by atoms with van der Waals surface area (Å²) in [5, 5.41) is 2.69. The van der Waals surface area contributed by atoms with Crippen molar-refractivity contribution in [1.29, 1.82) is 0 Å². The van der Waals surface area contributed by atoms with E-state index in [4.69, 9.17) is 10.2 Å². The van der Waals surface area contributed by atoms with Crippen LogP contribution in [0.2, 0.25) is 0 Å². The lowest BCUT2D eigenvalue weighted by atomic mass is 10.1. The van der Waals surface area contributed by atoms with Crippen molar-refractivity contribution in [3.63, 3.8) is 0 Å². The summed E-state index contributed by atoms with van der Waals surface area (Å²) < 4.78 is 6.49. The van der Waals surface area contributed by atoms with Crippen LogP contribution in [0.1, 0.15) is 5.56 Å². The normalized spacial score (nSPS) is 10.8. The largest absolute Gasteiger partial charge is 0.419 e. The molecule has 0 saturated heterocycles. The minimum Gasteiger partial charge on any atom is -0.408 e. The SMILES string of the molecule is Cn1c(=O)oc2ccc(CCNC(=O)CN)cc21. The number of carbonyl (C=O) groups excluding carboxylic acids is 1. The van der Waals surface area contributed by atoms with Crippen LogP contribution in [0.5, 0.6) is 0 Å². The van der Waals surface area contributed by atoms with Crippen molar-refractivity contribution in [2.75, 3.05) is 13.1 Å². The fraction of sp³-hybridized carbons (Fsp3) is 0.333. The van der Waals surface area contributed by atoms with Crippen LogP contribution in [0.15, 0.2) is 27.4 Å². The minimum absolute atomic E-state index is 0.00470. The number of fused-ring (bicyclic) bond motifs is 1. The molecule has 1 heterocycles. The maximum absolute atomic E-state index is 11.3. The second-order valence-corrected chi connectivity index (χ2v) is 4.03. The Hall–Kier alpha value is -2.08. The molecule has 3 N–H and O–H groups in total. The maximum atomic E-state index is 11.3. The minimum atomic E-state index is -0.376. The van der Waals surface area contributed by atoms with E-state index in [0.29, 0.717) is 18.5 Å². The van der Waals surface area contributed by atoms with Crippen molar-refractivity contribution in [3.05, 3.63) is 34.3 Å². The lowest BCUT2D eigenvalue weighted by Gasteiger charge is -2.03. The van der Waals surface area contributed by atoms with E-state index in [0.717, 1.165) is 11.1 Å². The Morgan fingerprint density at radius 3 is 3.00 bits per heavy atom. The summed E-state index contributed by atoms with van der Waals surface area (Å²) in [4.78, 5) is 22.3. The van der Waals surface area contributed by atoms with E-state index in [1.807, 2.05) is 12.1 Å². The van der Waals surface area contributed by atoms with Gasteiger partial charge in [0, 0.05) is 13.6 Å². The third-order valence-electron chi connectivity index (χ3n) is 2.78. The van der Waals surface area contributed by atoms with Crippen molar-refractivity contribution in [2.24, 2.45) is 12.8 Å². The van der Waals surface area contributed by atoms with Crippen LogP contribution in [0.4, 0.5) is 0 Å². The van der Waals surface area contributed by atoms with Gasteiger partial charge in [0.2, 0.25) is 5.91 Å². The molecule has 6 heteroatoms. The van der Waals surface area contributed by atoms with E-state index in [2.05, 4.69) is 5.32 Å². The van der Waals surface area contributed by atoms with Gasteiger partial charge in [0.25, 0.3) is 0 Å². The lowest BCUT2D eigenvalue weighted by molar-refractivity contribution is -0.119. The highest BCUT2D eigenvalue weighted by molar-refractivity contribution is 5.77. The Morgan fingerprint density at radius 1 is 1.50 bits per heavy atom. The van der Waals surface area contributed by atoms with Gasteiger partial charge in [0.1, 0.15) is 0 Å². The van der Waals surface area contributed by atoms with Crippen LogP contribution >= 0.6 is 0 Å². The van der Waals surface area contributed by atoms with Gasteiger partial charge in [-0.3, -0.25) is 9.36 Å². The second kappa shape index (κ2) is 5.05. The monoisotopic (exact) mass is 249 g/mol. The molecule has 0 saturated carbocycles. The quantitative estimate of drug-likeness (QED) is 0.781. The van der Waals surface area contributed by atoms with Gasteiger partial charge in [-0.2, -0.15) is 0 Å². The van der Waals surface area contributed by atoms with E-state index in [-0.39, 0.29) is 18.2 Å². The Kier molecular flexibility index (Phi) is 3.47. The molecule has 1 amide bonds. The van der Waals surface area contributed by atoms with Crippen LogP contribution in [0.3, 0.4) is 0 Å². The predicted octanol–water partition coefficient (Wildman–Crippen LogP) is -0.251. The van der Waals surface area contributed by atoms with E-state index < -0.39 is 0 Å². The molecule has 2 rings (SSSR count). The number of nitrogens with two attached hydrogens (primary N) is 1. The number of amides is 1. The smallest absolute Gasteiger partial charge is 0.408 e. The first kappa shape index (κ1) is 12.4. The zero-order valence-electron chi connectivity index (χ0n) is 10.1. The van der Waals surface area contributed by atoms with Crippen molar-refractivity contribution < 1.29 is 9.21 Å². The van der Waals surface area contributed by atoms with Gasteiger partial charge >= 0.3 is 5.76 Å². The Bertz CT molecular complexity index is 627. The molecule has 0 aliphatic carbocycles. The number of aromatic nitrogens is 1. The van der Waals surface area contributed by atoms with Gasteiger partial charge < -0.3 is 15.5 Å². The van der Waals surface area contributed by atoms with Crippen LogP contribution < -0.4 is 16.8 Å². The number of hydrogen-bond donors (Lipinski definition) is 2. The number of oxazole rings is 1. The topological polar surface area (TPSA) is 90.3 Å². The average Bonchev–Trinajstić information content (AvgIpc) is 2.65. The van der Waals surface area contributed by atoms with Gasteiger partial charge in [0.05, 0.1) is 12.1 Å². The molecule has 0 aliphatic heterocycles. The first-order valence-corrected chi connectivity index (χ1v) is 5.67. The molecular weight excluding hydrogens is 234 g/mol. The molecule has 0 aliphatic rings. The van der Waals surface area contributed by atoms with Gasteiger partial charge in [-0.25, -0.2) is 4.79 Å². The van der Waals surface area contributed by atoms with Crippen LogP contribution in [-0.2, 0) is 18.3 Å². The molecule has 6 nitrogen and oxygen atoms in total. The van der Waals surface area contributed by atoms with Crippen LogP contribution in [0, 0.1) is 0 Å². The fourth-order valence-corrected chi connectivity index (χ4v) is 1.75. The molecule has 0 spiro atoms. The van der Waals surface area contributed by atoms with Crippen molar-refractivity contribution in [2.45, 2.75) is 6.42 Å². The highest BCUT2D eigenvalue weighted by atomic mass is 16.4. The van der Waals surface area contributed by atoms with E-state index >= 15 is 0 Å². The first-order valence-electron chi connectivity index (χ1n) is 5.67. The molecule has 96 valence electrons. The fourth-order valence-electron chi connectivity index (χ4n) is 1.75. The van der Waals surface area contributed by atoms with Crippen LogP contribution in [-0.4, -0.2) is 23.6 Å². The van der Waals surface area contributed by atoms with Crippen LogP contribution in [0.25, 0.3) is 11.1 Å². The number of hydrogen-bond acceptors (Lipinski definition) is 4. The van der Waals surface area contributed by atoms with E-state index in [1.54, 1.807) is 13.1 Å². The Morgan fingerprint density at radius 2 is 2.28 bits per heavy atom. The standard InChI is InChI=1S/C12H15N3O3/c1-15-9-6-8(4-5-14-11(16)7-13)2-3-10(9)18-12(15)17/h2-3,6H,4-5,7,13H2,1H3,(H,14,16). The van der Waals surface area contributed by atoms with Gasteiger partial charge in [0.15, 0.2) is 5.58 Å². The number of carbonyl (C=O) groups is 1. The molecule has 0 radical (unpaired) electrons. The summed E-state index contributed by atoms with van der Waals surface area (Å²) in [5.41, 5.74) is 7.53. The highest BCUT2D eigenvalue weighted by Crippen LogP contribution is 2.14. The highest BCUT2D eigenvalue weighted by Gasteiger charge is 2.06. The Balaban J connectivity index is 2.12. The summed E-state index contributed by atoms with van der Waals surface area (Å²) in [6.45, 7) is 0.516. The molecular formula is C12H15N3O3. The van der Waals surface area contributed by atoms with Crippen molar-refractivity contribution in [3.8, 4) is 0 Å². The van der Waals surface area contributed by atoms with E-state index in [9.17, 15) is 9.59 Å². The second-order valence-electron chi connectivity index (χ2n) is 4.03. The number of nitrogens with one attached hydrogen (secondary N) is 1. The summed E-state index contributed by atoms with van der Waals surface area (Å²) in [7, 11) is 1.66. The van der Waals surface area contributed by atoms with Gasteiger partial charge in [-0.15, -0.1) is 0 Å². The molecule has 0 fully saturated rings. The number of nitrogens with zero attached hydrogens (tertiary/aromatic N) is 1. The number of aryl methyl sites for hydroxylation is 1. The molecule has 18 heavy (non-hydrogen) atoms. The van der Waals surface area contributed by atoms with E-state index in [1.165, 1.54) is 4.57 Å². The first-order chi connectivity index (χ1) is 8.61.